The summed E-state index contributed by atoms with van der Waals surface area (Å²) in [7, 11) is 0. The second kappa shape index (κ2) is 10.9. The zero-order chi connectivity index (χ0) is 21.2. The highest BCUT2D eigenvalue weighted by atomic mass is 32.1. The third-order valence-corrected chi connectivity index (χ3v) is 3.97. The molecule has 2 aromatic rings. The van der Waals surface area contributed by atoms with Crippen LogP contribution in [0.15, 0.2) is 54.6 Å². The molecule has 0 radical (unpaired) electrons. The van der Waals surface area contributed by atoms with E-state index in [2.05, 4.69) is 30.0 Å². The van der Waals surface area contributed by atoms with E-state index in [0.717, 1.165) is 0 Å². The molecule has 29 heavy (non-hydrogen) atoms. The van der Waals surface area contributed by atoms with Crippen LogP contribution < -0.4 is 20.9 Å². The molecule has 0 heterocycles. The Labute approximate surface area is 174 Å². The standard InChI is InChI=1S/C21H22FN3O3S/c1-14(2)16-6-10-18(11-7-16)28-13-20(27)24-25-21(29)23-19(26)12-5-15-3-8-17(22)9-4-15/h3-12,14H,13H2,1-2H3,(H,24,27)(H2,23,25,26,29). The summed E-state index contributed by atoms with van der Waals surface area (Å²) in [4.78, 5) is 23.6. The van der Waals surface area contributed by atoms with Gasteiger partial charge in [0.1, 0.15) is 11.6 Å². The predicted octanol–water partition coefficient (Wildman–Crippen LogP) is 3.06. The number of carbonyl (C=O) groups is 2. The van der Waals surface area contributed by atoms with Gasteiger partial charge in [0, 0.05) is 6.08 Å². The number of rotatable bonds is 6. The van der Waals surface area contributed by atoms with Gasteiger partial charge in [-0.2, -0.15) is 0 Å². The van der Waals surface area contributed by atoms with E-state index in [1.165, 1.54) is 42.0 Å². The van der Waals surface area contributed by atoms with E-state index in [4.69, 9.17) is 17.0 Å². The Hall–Kier alpha value is -3.26. The number of nitrogens with one attached hydrogen (secondary N) is 3. The molecule has 0 bridgehead atoms. The lowest BCUT2D eigenvalue weighted by Gasteiger charge is -2.11. The molecule has 0 aromatic heterocycles. The van der Waals surface area contributed by atoms with Crippen LogP contribution in [0.4, 0.5) is 4.39 Å². The maximum Gasteiger partial charge on any atom is 0.276 e. The van der Waals surface area contributed by atoms with Crippen LogP contribution in [0, 0.1) is 5.82 Å². The maximum atomic E-state index is 12.8. The van der Waals surface area contributed by atoms with Crippen molar-refractivity contribution in [2.24, 2.45) is 0 Å². The van der Waals surface area contributed by atoms with Crippen molar-refractivity contribution in [1.82, 2.24) is 16.2 Å². The van der Waals surface area contributed by atoms with Crippen molar-refractivity contribution in [3.05, 3.63) is 71.6 Å². The van der Waals surface area contributed by atoms with E-state index in [0.29, 0.717) is 17.2 Å². The van der Waals surface area contributed by atoms with E-state index in [-0.39, 0.29) is 17.5 Å². The molecule has 0 saturated carbocycles. The van der Waals surface area contributed by atoms with Gasteiger partial charge in [0.2, 0.25) is 5.91 Å². The van der Waals surface area contributed by atoms with Gasteiger partial charge in [-0.3, -0.25) is 25.8 Å². The first-order chi connectivity index (χ1) is 13.8. The van der Waals surface area contributed by atoms with E-state index in [1.54, 1.807) is 12.1 Å². The Bertz CT molecular complexity index is 881. The maximum absolute atomic E-state index is 12.8. The van der Waals surface area contributed by atoms with Gasteiger partial charge in [0.25, 0.3) is 5.91 Å². The van der Waals surface area contributed by atoms with Gasteiger partial charge in [-0.1, -0.05) is 38.1 Å². The minimum atomic E-state index is -0.498. The highest BCUT2D eigenvalue weighted by Gasteiger charge is 2.06. The van der Waals surface area contributed by atoms with Crippen LogP contribution in [0.3, 0.4) is 0 Å². The monoisotopic (exact) mass is 415 g/mol. The summed E-state index contributed by atoms with van der Waals surface area (Å²) in [5, 5.41) is 2.30. The summed E-state index contributed by atoms with van der Waals surface area (Å²) in [6.07, 6.45) is 2.75. The second-order valence-electron chi connectivity index (χ2n) is 6.39. The number of carbonyl (C=O) groups excluding carboxylic acids is 2. The van der Waals surface area contributed by atoms with Gasteiger partial charge in [0.15, 0.2) is 11.7 Å². The van der Waals surface area contributed by atoms with Crippen molar-refractivity contribution in [1.29, 1.82) is 0 Å². The fourth-order valence-corrected chi connectivity index (χ4v) is 2.34. The first kappa shape index (κ1) is 22.0. The van der Waals surface area contributed by atoms with Crippen LogP contribution in [-0.2, 0) is 9.59 Å². The number of amides is 2. The smallest absolute Gasteiger partial charge is 0.276 e. The number of hydrogen-bond donors (Lipinski definition) is 3. The highest BCUT2D eigenvalue weighted by Crippen LogP contribution is 2.18. The summed E-state index contributed by atoms with van der Waals surface area (Å²) in [5.74, 6) is -0.326. The van der Waals surface area contributed by atoms with Crippen LogP contribution in [0.2, 0.25) is 0 Å². The van der Waals surface area contributed by atoms with E-state index < -0.39 is 11.8 Å². The van der Waals surface area contributed by atoms with Crippen molar-refractivity contribution in [3.8, 4) is 5.75 Å². The van der Waals surface area contributed by atoms with Gasteiger partial charge in [-0.15, -0.1) is 0 Å². The Balaban J connectivity index is 1.69. The first-order valence-electron chi connectivity index (χ1n) is 8.89. The van der Waals surface area contributed by atoms with E-state index >= 15 is 0 Å². The lowest BCUT2D eigenvalue weighted by Crippen LogP contribution is -2.49. The molecule has 0 saturated heterocycles. The van der Waals surface area contributed by atoms with Gasteiger partial charge < -0.3 is 4.74 Å². The zero-order valence-electron chi connectivity index (χ0n) is 16.1. The Morgan fingerprint density at radius 3 is 2.34 bits per heavy atom. The summed E-state index contributed by atoms with van der Waals surface area (Å²) < 4.78 is 18.2. The molecule has 8 heteroatoms. The Morgan fingerprint density at radius 1 is 1.07 bits per heavy atom. The van der Waals surface area contributed by atoms with Crippen molar-refractivity contribution < 1.29 is 18.7 Å². The van der Waals surface area contributed by atoms with Gasteiger partial charge in [0.05, 0.1) is 0 Å². The van der Waals surface area contributed by atoms with Crippen LogP contribution in [-0.4, -0.2) is 23.5 Å². The molecule has 0 unspecified atom stereocenters. The van der Waals surface area contributed by atoms with Gasteiger partial charge in [-0.25, -0.2) is 4.39 Å². The Morgan fingerprint density at radius 2 is 1.72 bits per heavy atom. The van der Waals surface area contributed by atoms with Crippen molar-refractivity contribution in [3.63, 3.8) is 0 Å². The largest absolute Gasteiger partial charge is 0.484 e. The third-order valence-electron chi connectivity index (χ3n) is 3.77. The number of ether oxygens (including phenoxy) is 1. The molecule has 0 spiro atoms. The summed E-state index contributed by atoms with van der Waals surface area (Å²) >= 11 is 4.93. The predicted molar refractivity (Wildman–Crippen MR) is 113 cm³/mol. The average Bonchev–Trinajstić information content (AvgIpc) is 2.70. The molecular weight excluding hydrogens is 393 g/mol. The molecule has 6 nitrogen and oxygen atoms in total. The number of halogens is 1. The Kier molecular flexibility index (Phi) is 8.29. The SMILES string of the molecule is CC(C)c1ccc(OCC(=O)NNC(=S)NC(=O)C=Cc2ccc(F)cc2)cc1. The van der Waals surface area contributed by atoms with Crippen LogP contribution in [0.5, 0.6) is 5.75 Å². The van der Waals surface area contributed by atoms with E-state index in [1.807, 2.05) is 12.1 Å². The minimum absolute atomic E-state index is 0.0756. The normalized spacial score (nSPS) is 10.6. The van der Waals surface area contributed by atoms with Crippen molar-refractivity contribution in [2.75, 3.05) is 6.61 Å². The van der Waals surface area contributed by atoms with Gasteiger partial charge >= 0.3 is 0 Å². The molecule has 2 rings (SSSR count). The molecule has 2 amide bonds. The van der Waals surface area contributed by atoms with Crippen LogP contribution >= 0.6 is 12.2 Å². The number of thiocarbonyl (C=S) groups is 1. The minimum Gasteiger partial charge on any atom is -0.484 e. The number of benzene rings is 2. The number of hydrogen-bond acceptors (Lipinski definition) is 4. The molecule has 0 atom stereocenters. The summed E-state index contributed by atoms with van der Waals surface area (Å²) in [6.45, 7) is 3.97. The van der Waals surface area contributed by atoms with Crippen molar-refractivity contribution >= 4 is 35.2 Å². The summed E-state index contributed by atoms with van der Waals surface area (Å²) in [6, 6.07) is 13.1. The molecule has 152 valence electrons. The molecule has 0 fully saturated rings. The topological polar surface area (TPSA) is 79.5 Å². The molecule has 3 N–H and O–H groups in total. The van der Waals surface area contributed by atoms with Crippen LogP contribution in [0.1, 0.15) is 30.9 Å². The lowest BCUT2D eigenvalue weighted by molar-refractivity contribution is -0.123. The molecular formula is C21H22FN3O3S. The average molecular weight is 415 g/mol. The molecule has 0 aliphatic carbocycles. The third kappa shape index (κ3) is 8.10. The second-order valence-corrected chi connectivity index (χ2v) is 6.80. The number of hydrazine groups is 1. The molecule has 2 aromatic carbocycles. The molecule has 0 aliphatic heterocycles. The fourth-order valence-electron chi connectivity index (χ4n) is 2.19. The quantitative estimate of drug-likeness (QED) is 0.384. The summed E-state index contributed by atoms with van der Waals surface area (Å²) in [5.41, 5.74) is 6.59. The van der Waals surface area contributed by atoms with E-state index in [9.17, 15) is 14.0 Å². The highest BCUT2D eigenvalue weighted by molar-refractivity contribution is 7.80. The first-order valence-corrected chi connectivity index (χ1v) is 9.30. The zero-order valence-corrected chi connectivity index (χ0v) is 16.9. The molecule has 0 aliphatic rings. The van der Waals surface area contributed by atoms with Gasteiger partial charge in [-0.05, 0) is 59.6 Å². The van der Waals surface area contributed by atoms with Crippen LogP contribution in [0.25, 0.3) is 6.08 Å². The lowest BCUT2D eigenvalue weighted by atomic mass is 10.0. The fraction of sp³-hybridized carbons (Fsp3) is 0.190. The van der Waals surface area contributed by atoms with Crippen molar-refractivity contribution in [2.45, 2.75) is 19.8 Å².